The minimum Gasteiger partial charge on any atom is -0.491 e. The second-order valence-corrected chi connectivity index (χ2v) is 8.40. The van der Waals surface area contributed by atoms with Crippen molar-refractivity contribution >= 4 is 5.97 Å². The molecule has 3 N–H and O–H groups in total. The van der Waals surface area contributed by atoms with Gasteiger partial charge in [0, 0.05) is 11.5 Å². The van der Waals surface area contributed by atoms with Crippen LogP contribution in [0.4, 0.5) is 0 Å². The summed E-state index contributed by atoms with van der Waals surface area (Å²) in [6.45, 7) is 10.7. The Balaban J connectivity index is 1.89. The molecule has 8 heteroatoms. The van der Waals surface area contributed by atoms with Gasteiger partial charge in [-0.1, -0.05) is 51.3 Å². The molecule has 0 aliphatic carbocycles. The van der Waals surface area contributed by atoms with Crippen molar-refractivity contribution in [3.63, 3.8) is 0 Å². The Kier molecular flexibility index (Phi) is 10.9. The predicted molar refractivity (Wildman–Crippen MR) is 131 cm³/mol. The number of aliphatic hydroxyl groups is 3. The zero-order chi connectivity index (χ0) is 25.8. The summed E-state index contributed by atoms with van der Waals surface area (Å²) in [7, 11) is 0. The highest BCUT2D eigenvalue weighted by Crippen LogP contribution is 2.33. The first-order chi connectivity index (χ1) is 16.6. The molecule has 0 amide bonds. The van der Waals surface area contributed by atoms with Crippen molar-refractivity contribution in [3.8, 4) is 11.5 Å². The van der Waals surface area contributed by atoms with Crippen molar-refractivity contribution in [2.75, 3.05) is 26.4 Å². The Hall–Kier alpha value is -3.17. The first-order valence-corrected chi connectivity index (χ1v) is 11.2. The summed E-state index contributed by atoms with van der Waals surface area (Å²) in [5.41, 5.74) is 1.83. The Morgan fingerprint density at radius 2 is 1.29 bits per heavy atom. The molecule has 0 aliphatic heterocycles. The molecule has 8 nitrogen and oxygen atoms in total. The predicted octanol–water partition coefficient (Wildman–Crippen LogP) is 2.74. The molecule has 2 aromatic carbocycles. The highest BCUT2D eigenvalue weighted by Gasteiger charge is 2.23. The van der Waals surface area contributed by atoms with E-state index < -0.39 is 24.5 Å². The third kappa shape index (κ3) is 9.18. The van der Waals surface area contributed by atoms with Gasteiger partial charge in [-0.25, -0.2) is 4.79 Å². The number of carbonyl (C=O) groups is 1. The molecule has 35 heavy (non-hydrogen) atoms. The minimum atomic E-state index is -1.12. The number of aliphatic hydroxyl groups excluding tert-OH is 3. The van der Waals surface area contributed by atoms with E-state index in [1.165, 1.54) is 6.08 Å². The second-order valence-electron chi connectivity index (χ2n) is 8.40. The molecule has 0 spiro atoms. The average Bonchev–Trinajstić information content (AvgIpc) is 2.88. The quantitative estimate of drug-likeness (QED) is 0.152. The molecule has 0 saturated heterocycles. The van der Waals surface area contributed by atoms with E-state index in [0.717, 1.165) is 17.2 Å². The molecule has 2 aromatic rings. The van der Waals surface area contributed by atoms with E-state index >= 15 is 0 Å². The number of esters is 1. The zero-order valence-electron chi connectivity index (χ0n) is 20.1. The molecule has 0 radical (unpaired) electrons. The van der Waals surface area contributed by atoms with E-state index in [2.05, 4.69) is 27.0 Å². The van der Waals surface area contributed by atoms with Crippen LogP contribution in [0.5, 0.6) is 11.5 Å². The van der Waals surface area contributed by atoms with E-state index in [4.69, 9.17) is 18.9 Å². The van der Waals surface area contributed by atoms with Gasteiger partial charge in [-0.05, 0) is 41.5 Å². The van der Waals surface area contributed by atoms with Crippen LogP contribution in [0.25, 0.3) is 0 Å². The first-order valence-electron chi connectivity index (χ1n) is 11.2. The summed E-state index contributed by atoms with van der Waals surface area (Å²) >= 11 is 0. The van der Waals surface area contributed by atoms with Gasteiger partial charge in [0.2, 0.25) is 0 Å². The van der Waals surface area contributed by atoms with Crippen LogP contribution in [-0.2, 0) is 19.7 Å². The standard InChI is InChI=1S/C27H34O8/c1-5-25(30)34-17-21(28)15-32-23-11-7-19(8-12-23)27(3,4)20-9-13-24(14-10-20)33-16-22(29)18-35-26(31)6-2/h5-14,21-22,25,28-30H,1-2,15-18H2,3-4H3. The smallest absolute Gasteiger partial charge is 0.330 e. The topological polar surface area (TPSA) is 115 Å². The van der Waals surface area contributed by atoms with Crippen molar-refractivity contribution in [2.45, 2.75) is 37.8 Å². The maximum atomic E-state index is 11.0. The molecule has 0 bridgehead atoms. The van der Waals surface area contributed by atoms with Gasteiger partial charge in [-0.3, -0.25) is 0 Å². The summed E-state index contributed by atoms with van der Waals surface area (Å²) in [6.07, 6.45) is -0.681. The number of rotatable bonds is 15. The molecule has 2 rings (SSSR count). The number of carbonyl (C=O) groups excluding carboxylic acids is 1. The number of ether oxygens (including phenoxy) is 4. The van der Waals surface area contributed by atoms with Gasteiger partial charge < -0.3 is 34.3 Å². The van der Waals surface area contributed by atoms with E-state index in [9.17, 15) is 20.1 Å². The van der Waals surface area contributed by atoms with E-state index in [-0.39, 0.29) is 31.8 Å². The highest BCUT2D eigenvalue weighted by atomic mass is 16.6. The van der Waals surface area contributed by atoms with Crippen molar-refractivity contribution in [1.82, 2.24) is 0 Å². The molecule has 0 aliphatic rings. The highest BCUT2D eigenvalue weighted by molar-refractivity contribution is 5.81. The van der Waals surface area contributed by atoms with Crippen LogP contribution in [0.2, 0.25) is 0 Å². The van der Waals surface area contributed by atoms with Crippen LogP contribution in [-0.4, -0.2) is 66.2 Å². The normalized spacial score (nSPS) is 13.9. The lowest BCUT2D eigenvalue weighted by Crippen LogP contribution is -2.26. The molecular weight excluding hydrogens is 452 g/mol. The van der Waals surface area contributed by atoms with Crippen molar-refractivity contribution in [1.29, 1.82) is 0 Å². The first kappa shape index (κ1) is 28.1. The molecule has 0 saturated carbocycles. The summed E-state index contributed by atoms with van der Waals surface area (Å²) in [5.74, 6) is 0.599. The van der Waals surface area contributed by atoms with E-state index in [1.54, 1.807) is 0 Å². The van der Waals surface area contributed by atoms with Gasteiger partial charge in [0.25, 0.3) is 0 Å². The zero-order valence-corrected chi connectivity index (χ0v) is 20.1. The Labute approximate surface area is 206 Å². The molecular formula is C27H34O8. The van der Waals surface area contributed by atoms with Crippen molar-refractivity contribution in [3.05, 3.63) is 85.0 Å². The second kappa shape index (κ2) is 13.7. The summed E-state index contributed by atoms with van der Waals surface area (Å²) in [5, 5.41) is 29.0. The van der Waals surface area contributed by atoms with E-state index in [1.807, 2.05) is 48.5 Å². The van der Waals surface area contributed by atoms with Crippen LogP contribution in [0.3, 0.4) is 0 Å². The van der Waals surface area contributed by atoms with E-state index in [0.29, 0.717) is 11.5 Å². The van der Waals surface area contributed by atoms with Crippen LogP contribution in [0, 0.1) is 0 Å². The minimum absolute atomic E-state index is 0.00964. The molecule has 0 aromatic heterocycles. The lowest BCUT2D eigenvalue weighted by atomic mass is 9.78. The van der Waals surface area contributed by atoms with Gasteiger partial charge >= 0.3 is 5.97 Å². The molecule has 3 unspecified atom stereocenters. The molecule has 3 atom stereocenters. The molecule has 190 valence electrons. The van der Waals surface area contributed by atoms with Crippen LogP contribution < -0.4 is 9.47 Å². The largest absolute Gasteiger partial charge is 0.491 e. The van der Waals surface area contributed by atoms with Gasteiger partial charge in [0.05, 0.1) is 6.61 Å². The number of hydrogen-bond donors (Lipinski definition) is 3. The Bertz CT molecular complexity index is 937. The number of hydrogen-bond acceptors (Lipinski definition) is 8. The lowest BCUT2D eigenvalue weighted by Gasteiger charge is -2.26. The monoisotopic (exact) mass is 486 g/mol. The maximum Gasteiger partial charge on any atom is 0.330 e. The Morgan fingerprint density at radius 3 is 1.71 bits per heavy atom. The lowest BCUT2D eigenvalue weighted by molar-refractivity contribution is -0.141. The van der Waals surface area contributed by atoms with Crippen molar-refractivity contribution < 1.29 is 39.1 Å². The van der Waals surface area contributed by atoms with Gasteiger partial charge in [0.1, 0.15) is 43.5 Å². The fourth-order valence-corrected chi connectivity index (χ4v) is 3.10. The third-order valence-corrected chi connectivity index (χ3v) is 5.28. The summed E-state index contributed by atoms with van der Waals surface area (Å²) < 4.78 is 20.9. The van der Waals surface area contributed by atoms with Crippen LogP contribution in [0.15, 0.2) is 73.8 Å². The average molecular weight is 487 g/mol. The van der Waals surface area contributed by atoms with Crippen LogP contribution in [0.1, 0.15) is 25.0 Å². The summed E-state index contributed by atoms with van der Waals surface area (Å²) in [6, 6.07) is 15.2. The third-order valence-electron chi connectivity index (χ3n) is 5.28. The van der Waals surface area contributed by atoms with Crippen molar-refractivity contribution in [2.24, 2.45) is 0 Å². The molecule has 0 fully saturated rings. The number of benzene rings is 2. The van der Waals surface area contributed by atoms with Gasteiger partial charge in [0.15, 0.2) is 6.29 Å². The van der Waals surface area contributed by atoms with Gasteiger partial charge in [-0.2, -0.15) is 0 Å². The summed E-state index contributed by atoms with van der Waals surface area (Å²) in [4.78, 5) is 11.0. The fourth-order valence-electron chi connectivity index (χ4n) is 3.10. The molecule has 0 heterocycles. The SMILES string of the molecule is C=CC(=O)OCC(O)COc1ccc(C(C)(C)c2ccc(OCC(O)COC(O)C=C)cc2)cc1. The van der Waals surface area contributed by atoms with Crippen LogP contribution >= 0.6 is 0 Å². The van der Waals surface area contributed by atoms with Gasteiger partial charge in [-0.15, -0.1) is 0 Å². The maximum absolute atomic E-state index is 11.0. The Morgan fingerprint density at radius 1 is 0.829 bits per heavy atom. The fraction of sp³-hybridized carbons (Fsp3) is 0.370.